The molecule has 0 spiro atoms. The van der Waals surface area contributed by atoms with Gasteiger partial charge in [-0.15, -0.1) is 0 Å². The van der Waals surface area contributed by atoms with Gasteiger partial charge >= 0.3 is 0 Å². The van der Waals surface area contributed by atoms with E-state index in [1.807, 2.05) is 62.4 Å². The Labute approximate surface area is 112 Å². The first kappa shape index (κ1) is 11.7. The zero-order chi connectivity index (χ0) is 13.2. The van der Waals surface area contributed by atoms with Crippen molar-refractivity contribution in [2.75, 3.05) is 0 Å². The van der Waals surface area contributed by atoms with Crippen molar-refractivity contribution >= 4 is 30.0 Å². The van der Waals surface area contributed by atoms with Gasteiger partial charge in [-0.3, -0.25) is 9.78 Å². The fourth-order valence-electron chi connectivity index (χ4n) is 2.18. The normalized spacial score (nSPS) is 10.5. The van der Waals surface area contributed by atoms with E-state index in [-0.39, 0.29) is 5.78 Å². The van der Waals surface area contributed by atoms with Crippen molar-refractivity contribution in [1.82, 2.24) is 4.98 Å². The monoisotopic (exact) mass is 245 g/mol. The Kier molecular flexibility index (Phi) is 2.88. The molecule has 0 saturated heterocycles. The predicted molar refractivity (Wildman–Crippen MR) is 79.8 cm³/mol. The molecule has 0 amide bonds. The third kappa shape index (κ3) is 2.15. The molecule has 0 unspecified atom stereocenters. The van der Waals surface area contributed by atoms with E-state index in [9.17, 15) is 4.79 Å². The molecular weight excluding hydrogens is 233 g/mol. The minimum Gasteiger partial charge on any atom is -0.289 e. The minimum absolute atomic E-state index is 0.0244. The van der Waals surface area contributed by atoms with Gasteiger partial charge in [-0.05, 0) is 12.1 Å². The lowest BCUT2D eigenvalue weighted by molar-refractivity contribution is 0.103. The molecule has 90 valence electrons. The second-order valence-corrected chi connectivity index (χ2v) is 4.56. The molecule has 0 N–H and O–H groups in total. The summed E-state index contributed by atoms with van der Waals surface area (Å²) in [7, 11) is 1.95. The fraction of sp³-hybridized carbons (Fsp3) is 0. The number of nitrogens with zero attached hydrogens (tertiary/aromatic N) is 1. The number of carbonyl (C=O) groups excluding carboxylic acids is 1. The lowest BCUT2D eigenvalue weighted by Crippen LogP contribution is -2.16. The maximum atomic E-state index is 12.5. The number of rotatable bonds is 2. The van der Waals surface area contributed by atoms with Gasteiger partial charge in [0.2, 0.25) is 0 Å². The van der Waals surface area contributed by atoms with Crippen molar-refractivity contribution in [2.45, 2.75) is 0 Å². The Morgan fingerprint density at radius 2 is 1.74 bits per heavy atom. The van der Waals surface area contributed by atoms with E-state index < -0.39 is 0 Å². The summed E-state index contributed by atoms with van der Waals surface area (Å²) in [6.45, 7) is 0. The van der Waals surface area contributed by atoms with Gasteiger partial charge in [0.1, 0.15) is 7.85 Å². The number of hydrogen-bond donors (Lipinski definition) is 0. The highest BCUT2D eigenvalue weighted by Crippen LogP contribution is 2.15. The summed E-state index contributed by atoms with van der Waals surface area (Å²) in [4.78, 5) is 16.8. The lowest BCUT2D eigenvalue weighted by Gasteiger charge is -2.05. The van der Waals surface area contributed by atoms with Crippen LogP contribution in [0.4, 0.5) is 0 Å². The molecule has 0 aliphatic carbocycles. The van der Waals surface area contributed by atoms with Crippen molar-refractivity contribution < 1.29 is 4.79 Å². The van der Waals surface area contributed by atoms with Gasteiger partial charge in [0, 0.05) is 22.7 Å². The van der Waals surface area contributed by atoms with Crippen LogP contribution >= 0.6 is 0 Å². The quantitative estimate of drug-likeness (QED) is 0.508. The molecule has 2 aromatic carbocycles. The first-order valence-electron chi connectivity index (χ1n) is 6.21. The van der Waals surface area contributed by atoms with E-state index in [0.717, 1.165) is 21.9 Å². The number of pyridine rings is 1. The van der Waals surface area contributed by atoms with Gasteiger partial charge in [-0.2, -0.15) is 0 Å². The summed E-state index contributed by atoms with van der Waals surface area (Å²) in [6, 6.07) is 17.3. The molecule has 0 saturated carbocycles. The SMILES string of the molecule is Bc1ccccc1C(=O)c1cnc2ccccc2c1. The minimum atomic E-state index is 0.0244. The molecule has 0 aliphatic rings. The molecule has 0 aliphatic heterocycles. The summed E-state index contributed by atoms with van der Waals surface area (Å²) < 4.78 is 0. The van der Waals surface area contributed by atoms with E-state index in [0.29, 0.717) is 5.56 Å². The molecule has 1 heterocycles. The van der Waals surface area contributed by atoms with Gasteiger partial charge in [0.25, 0.3) is 0 Å². The van der Waals surface area contributed by atoms with Crippen molar-refractivity contribution in [3.63, 3.8) is 0 Å². The van der Waals surface area contributed by atoms with Crippen LogP contribution < -0.4 is 5.46 Å². The third-order valence-electron chi connectivity index (χ3n) is 3.24. The third-order valence-corrected chi connectivity index (χ3v) is 3.24. The molecule has 0 fully saturated rings. The molecule has 3 aromatic rings. The molecule has 0 atom stereocenters. The zero-order valence-corrected chi connectivity index (χ0v) is 10.6. The first-order valence-corrected chi connectivity index (χ1v) is 6.21. The number of para-hydroxylation sites is 1. The van der Waals surface area contributed by atoms with Crippen molar-refractivity contribution in [3.05, 3.63) is 71.9 Å². The van der Waals surface area contributed by atoms with Crippen molar-refractivity contribution in [2.24, 2.45) is 0 Å². The fourth-order valence-corrected chi connectivity index (χ4v) is 2.18. The van der Waals surface area contributed by atoms with Gasteiger partial charge in [-0.1, -0.05) is 47.9 Å². The summed E-state index contributed by atoms with van der Waals surface area (Å²) in [5, 5.41) is 0.988. The second-order valence-electron chi connectivity index (χ2n) is 4.56. The van der Waals surface area contributed by atoms with Gasteiger partial charge in [-0.25, -0.2) is 0 Å². The maximum Gasteiger partial charge on any atom is 0.194 e. The van der Waals surface area contributed by atoms with Crippen LogP contribution in [0.3, 0.4) is 0 Å². The largest absolute Gasteiger partial charge is 0.289 e. The molecule has 2 nitrogen and oxygen atoms in total. The van der Waals surface area contributed by atoms with E-state index in [1.54, 1.807) is 6.20 Å². The number of ketones is 1. The Hall–Kier alpha value is -2.42. The Morgan fingerprint density at radius 3 is 2.58 bits per heavy atom. The molecular formula is C16H12BNO. The van der Waals surface area contributed by atoms with Crippen LogP contribution in [0.25, 0.3) is 10.9 Å². The van der Waals surface area contributed by atoms with Crippen LogP contribution in [0.5, 0.6) is 0 Å². The predicted octanol–water partition coefficient (Wildman–Crippen LogP) is 1.72. The van der Waals surface area contributed by atoms with Crippen LogP contribution in [0.15, 0.2) is 60.8 Å². The number of benzene rings is 2. The highest BCUT2D eigenvalue weighted by molar-refractivity contribution is 6.37. The molecule has 19 heavy (non-hydrogen) atoms. The summed E-state index contributed by atoms with van der Waals surface area (Å²) in [5.41, 5.74) is 3.26. The zero-order valence-electron chi connectivity index (χ0n) is 10.6. The van der Waals surface area contributed by atoms with Gasteiger partial charge < -0.3 is 0 Å². The highest BCUT2D eigenvalue weighted by atomic mass is 16.1. The summed E-state index contributed by atoms with van der Waals surface area (Å²) >= 11 is 0. The van der Waals surface area contributed by atoms with Crippen LogP contribution in [-0.2, 0) is 0 Å². The molecule has 3 rings (SSSR count). The lowest BCUT2D eigenvalue weighted by atomic mass is 9.87. The molecule has 0 bridgehead atoms. The van der Waals surface area contributed by atoms with E-state index in [4.69, 9.17) is 0 Å². The standard InChI is InChI=1S/C16H12BNO/c17-14-7-3-2-6-13(14)16(19)12-9-11-5-1-4-8-15(11)18-10-12/h1-10H,17H2. The van der Waals surface area contributed by atoms with E-state index in [1.165, 1.54) is 0 Å². The van der Waals surface area contributed by atoms with Crippen molar-refractivity contribution in [3.8, 4) is 0 Å². The number of hydrogen-bond acceptors (Lipinski definition) is 2. The molecule has 0 radical (unpaired) electrons. The van der Waals surface area contributed by atoms with Crippen LogP contribution in [0, 0.1) is 0 Å². The average Bonchev–Trinajstić information content (AvgIpc) is 2.46. The van der Waals surface area contributed by atoms with Gasteiger partial charge in [0.15, 0.2) is 5.78 Å². The molecule has 1 aromatic heterocycles. The summed E-state index contributed by atoms with van der Waals surface area (Å²) in [5.74, 6) is 0.0244. The second kappa shape index (κ2) is 4.69. The number of fused-ring (bicyclic) bond motifs is 1. The van der Waals surface area contributed by atoms with E-state index in [2.05, 4.69) is 4.98 Å². The van der Waals surface area contributed by atoms with Crippen LogP contribution in [-0.4, -0.2) is 18.6 Å². The van der Waals surface area contributed by atoms with E-state index >= 15 is 0 Å². The first-order chi connectivity index (χ1) is 9.25. The highest BCUT2D eigenvalue weighted by Gasteiger charge is 2.11. The Bertz CT molecular complexity index is 767. The van der Waals surface area contributed by atoms with Crippen LogP contribution in [0.1, 0.15) is 15.9 Å². The smallest absolute Gasteiger partial charge is 0.194 e. The Balaban J connectivity index is 2.09. The maximum absolute atomic E-state index is 12.5. The van der Waals surface area contributed by atoms with Gasteiger partial charge in [0.05, 0.1) is 5.52 Å². The topological polar surface area (TPSA) is 30.0 Å². The number of aromatic nitrogens is 1. The Morgan fingerprint density at radius 1 is 1.00 bits per heavy atom. The van der Waals surface area contributed by atoms with Crippen molar-refractivity contribution in [1.29, 1.82) is 0 Å². The molecule has 3 heteroatoms. The average molecular weight is 245 g/mol. The number of carbonyl (C=O) groups is 1. The summed E-state index contributed by atoms with van der Waals surface area (Å²) in [6.07, 6.45) is 1.65. The van der Waals surface area contributed by atoms with Crippen LogP contribution in [0.2, 0.25) is 0 Å².